The number of hydrogen-bond donors (Lipinski definition) is 5. The number of carbonyl (C=O) groups is 2. The number of hydrogen-bond acceptors (Lipinski definition) is 19. The van der Waals surface area contributed by atoms with E-state index in [1.165, 1.54) is 21.8 Å². The lowest BCUT2D eigenvalue weighted by atomic mass is 10.1. The minimum absolute atomic E-state index is 0.00806. The van der Waals surface area contributed by atoms with Gasteiger partial charge in [0, 0.05) is 48.1 Å². The number of nitrogens with one attached hydrogen (secondary N) is 4. The lowest BCUT2D eigenvalue weighted by Gasteiger charge is -2.45. The molecule has 2 amide bonds. The number of alkyl halides is 2. The second kappa shape index (κ2) is 32.5. The van der Waals surface area contributed by atoms with Crippen molar-refractivity contribution in [3.63, 3.8) is 0 Å². The average Bonchev–Trinajstić information content (AvgIpc) is 3.01. The molecule has 2 aliphatic heterocycles. The molecule has 29 heteroatoms. The highest BCUT2D eigenvalue weighted by Gasteiger charge is 2.50. The topological polar surface area (TPSA) is 309 Å². The highest BCUT2D eigenvalue weighted by Crippen LogP contribution is 2.52. The van der Waals surface area contributed by atoms with Crippen molar-refractivity contribution >= 4 is 63.0 Å². The largest absolute Gasteiger partial charge is 0.385 e. The molecule has 6 heterocycles. The molecule has 4 aromatic rings. The number of anilines is 2. The van der Waals surface area contributed by atoms with Crippen LogP contribution in [0.4, 0.5) is 20.7 Å². The SMILES string of the molecule is CC(C)N(C(C)C)P(OCCC#N)N(C(C)C)C(C)C.CC[C@H]1O[C@@H](n2cnc3c(=O)[nH]c(NC(=O)C(C)C)nc32)[C@H](O)[C@@H]1F.CC[C@H]1O[C@@H](n2cnc3c(=O)[nH]c(NC(=O)C(C)C)nc32)[C@H](OP(OCCC#N)N(C(C)C)C(C)C)[C@@H]1F. The number of carbonyl (C=O) groups excluding carboxylic acids is 2. The molecule has 9 atom stereocenters. The predicted molar refractivity (Wildman–Crippen MR) is 315 cm³/mol. The van der Waals surface area contributed by atoms with Crippen molar-refractivity contribution in [1.82, 2.24) is 53.0 Å². The van der Waals surface area contributed by atoms with E-state index in [0.29, 0.717) is 50.0 Å². The third kappa shape index (κ3) is 18.0. The quantitative estimate of drug-likeness (QED) is 0.0305. The van der Waals surface area contributed by atoms with Crippen LogP contribution in [0.2, 0.25) is 0 Å². The molecule has 0 radical (unpaired) electrons. The summed E-state index contributed by atoms with van der Waals surface area (Å²) in [4.78, 5) is 70.5. The fourth-order valence-electron chi connectivity index (χ4n) is 9.29. The van der Waals surface area contributed by atoms with Crippen molar-refractivity contribution in [2.75, 3.05) is 23.8 Å². The first-order valence-electron chi connectivity index (χ1n) is 28.5. The normalized spacial score (nSPS) is 21.4. The highest BCUT2D eigenvalue weighted by molar-refractivity contribution is 7.47. The Morgan fingerprint density at radius 1 is 0.663 bits per heavy atom. The molecule has 5 N–H and O–H groups in total. The predicted octanol–water partition coefficient (Wildman–Crippen LogP) is 9.12. The van der Waals surface area contributed by atoms with Crippen molar-refractivity contribution in [2.24, 2.45) is 11.8 Å². The monoisotopic (exact) mass is 1210 g/mol. The van der Waals surface area contributed by atoms with E-state index in [-0.39, 0.29) is 83.0 Å². The molecule has 0 aromatic carbocycles. The summed E-state index contributed by atoms with van der Waals surface area (Å²) in [6.07, 6.45) is -5.13. The summed E-state index contributed by atoms with van der Waals surface area (Å²) in [5, 5.41) is 32.9. The summed E-state index contributed by atoms with van der Waals surface area (Å²) in [6.45, 7) is 36.7. The zero-order valence-corrected chi connectivity index (χ0v) is 53.1. The standard InChI is InChI=1S/C24H37FN7O5P.C15H20FN5O4.C15H32N3OP/c1-8-16-17(25)19(37-38(35-11-9-10-26)32(14(4)5)15(6)7)23(36-16)31-12-27-18-20(31)28-24(30-22(18)34)29-21(33)13(2)3;1-4-7-8(16)10(22)14(25-7)21-5-17-9-11(21)18-15(20-13(9)24)19-12(23)6(2)3;1-12(2)17(13(3)4)20(19-11-9-10-16)18(14(5)6)15(7)8/h12-17,19,23H,8-9,11H2,1-7H3,(H2,28,29,30,33,34);5-8,10,14,22H,4H2,1-3H3,(H2,18,19,20,23,24);12-15H,9,11H2,1-8H3/t16-,17-,19-,23-,38?;7-,8-,10-,14-;/m11./s1. The number of aromatic amines is 2. The van der Waals surface area contributed by atoms with Gasteiger partial charge in [-0.25, -0.2) is 32.8 Å². The van der Waals surface area contributed by atoms with Gasteiger partial charge in [-0.2, -0.15) is 20.5 Å². The van der Waals surface area contributed by atoms with Gasteiger partial charge in [-0.3, -0.25) is 48.9 Å². The molecule has 25 nitrogen and oxygen atoms in total. The van der Waals surface area contributed by atoms with E-state index >= 15 is 4.39 Å². The summed E-state index contributed by atoms with van der Waals surface area (Å²) >= 11 is 0. The number of ether oxygens (including phenoxy) is 2. The Hall–Kier alpha value is -5.02. The molecule has 2 aliphatic rings. The molecule has 0 spiro atoms. The number of halogens is 2. The number of aliphatic hydroxyl groups is 1. The second-order valence-corrected chi connectivity index (χ2v) is 25.4. The average molecular weight is 1210 g/mol. The number of H-pyrrole nitrogens is 2. The second-order valence-electron chi connectivity index (χ2n) is 22.3. The van der Waals surface area contributed by atoms with Crippen molar-refractivity contribution in [3.05, 3.63) is 33.4 Å². The van der Waals surface area contributed by atoms with E-state index in [0.717, 1.165) is 0 Å². The number of aromatic nitrogens is 8. The Labute approximate surface area is 488 Å². The van der Waals surface area contributed by atoms with Gasteiger partial charge in [0.25, 0.3) is 19.6 Å². The molecule has 464 valence electrons. The van der Waals surface area contributed by atoms with Crippen molar-refractivity contribution in [2.45, 2.75) is 236 Å². The summed E-state index contributed by atoms with van der Waals surface area (Å²) in [7, 11) is -2.61. The first kappa shape index (κ1) is 70.5. The van der Waals surface area contributed by atoms with Gasteiger partial charge in [-0.1, -0.05) is 41.5 Å². The van der Waals surface area contributed by atoms with E-state index in [9.17, 15) is 28.7 Å². The first-order valence-corrected chi connectivity index (χ1v) is 30.8. The van der Waals surface area contributed by atoms with Gasteiger partial charge in [-0.15, -0.1) is 0 Å². The number of fused-ring (bicyclic) bond motifs is 2. The molecule has 2 fully saturated rings. The fraction of sp³-hybridized carbons (Fsp3) is 0.741. The number of aliphatic hydroxyl groups excluding tert-OH is 1. The van der Waals surface area contributed by atoms with E-state index in [4.69, 9.17) is 33.6 Å². The highest BCUT2D eigenvalue weighted by atomic mass is 31.2. The first-order chi connectivity index (χ1) is 39.1. The molecule has 83 heavy (non-hydrogen) atoms. The molecule has 2 saturated heterocycles. The van der Waals surface area contributed by atoms with E-state index in [1.807, 2.05) is 39.3 Å². The molecule has 0 bridgehead atoms. The smallest absolute Gasteiger partial charge is 0.280 e. The van der Waals surface area contributed by atoms with Crippen LogP contribution in [-0.2, 0) is 32.6 Å². The van der Waals surface area contributed by atoms with Crippen LogP contribution in [0.1, 0.15) is 163 Å². The Morgan fingerprint density at radius 2 is 1.05 bits per heavy atom. The van der Waals surface area contributed by atoms with Crippen LogP contribution >= 0.6 is 17.0 Å². The van der Waals surface area contributed by atoms with Crippen LogP contribution in [0.15, 0.2) is 22.2 Å². The fourth-order valence-corrected chi connectivity index (χ4v) is 13.4. The van der Waals surface area contributed by atoms with Crippen LogP contribution in [-0.4, -0.2) is 156 Å². The van der Waals surface area contributed by atoms with E-state index in [1.54, 1.807) is 34.6 Å². The maximum absolute atomic E-state index is 15.8. The third-order valence-electron chi connectivity index (χ3n) is 13.1. The van der Waals surface area contributed by atoms with Gasteiger partial charge >= 0.3 is 0 Å². The van der Waals surface area contributed by atoms with Gasteiger partial charge in [-0.05, 0) is 95.9 Å². The summed E-state index contributed by atoms with van der Waals surface area (Å²) in [6, 6.07) is 5.93. The summed E-state index contributed by atoms with van der Waals surface area (Å²) < 4.78 is 69.6. The molecule has 0 aliphatic carbocycles. The van der Waals surface area contributed by atoms with E-state index < -0.39 is 77.3 Å². The molecule has 0 saturated carbocycles. The summed E-state index contributed by atoms with van der Waals surface area (Å²) in [5.41, 5.74) is -0.873. The van der Waals surface area contributed by atoms with Crippen LogP contribution in [0.5, 0.6) is 0 Å². The minimum atomic E-state index is -1.77. The molecule has 1 unspecified atom stereocenters. The summed E-state index contributed by atoms with van der Waals surface area (Å²) in [5.74, 6) is -1.37. The van der Waals surface area contributed by atoms with Gasteiger partial charge < -0.3 is 28.2 Å². The van der Waals surface area contributed by atoms with Crippen LogP contribution < -0.4 is 21.8 Å². The lowest BCUT2D eigenvalue weighted by molar-refractivity contribution is -0.119. The Kier molecular flexibility index (Phi) is 27.6. The maximum atomic E-state index is 15.8. The molecular weight excluding hydrogens is 1120 g/mol. The van der Waals surface area contributed by atoms with Crippen LogP contribution in [0.25, 0.3) is 22.3 Å². The minimum Gasteiger partial charge on any atom is -0.385 e. The molecular formula is C54H89F2N15O10P2. The van der Waals surface area contributed by atoms with Gasteiger partial charge in [0.15, 0.2) is 55.6 Å². The molecule has 4 aromatic heterocycles. The zero-order valence-electron chi connectivity index (χ0n) is 51.3. The number of amides is 2. The van der Waals surface area contributed by atoms with Crippen LogP contribution in [0, 0.1) is 34.5 Å². The Morgan fingerprint density at radius 3 is 1.42 bits per heavy atom. The molecule has 6 rings (SSSR count). The Balaban J connectivity index is 0.000000285. The van der Waals surface area contributed by atoms with Crippen molar-refractivity contribution < 1.29 is 46.5 Å². The number of nitriles is 2. The van der Waals surface area contributed by atoms with E-state index in [2.05, 4.69) is 117 Å². The number of nitrogens with zero attached hydrogens (tertiary/aromatic N) is 11. The zero-order chi connectivity index (χ0) is 62.3. The van der Waals surface area contributed by atoms with Gasteiger partial charge in [0.2, 0.25) is 23.7 Å². The Bertz CT molecular complexity index is 2860. The number of rotatable bonds is 25. The van der Waals surface area contributed by atoms with Gasteiger partial charge in [0.05, 0.1) is 63.1 Å². The number of imidazole rings is 2. The van der Waals surface area contributed by atoms with Gasteiger partial charge in [0.1, 0.15) is 12.2 Å². The van der Waals surface area contributed by atoms with Crippen LogP contribution in [0.3, 0.4) is 0 Å². The lowest BCUT2D eigenvalue weighted by Crippen LogP contribution is -2.43. The van der Waals surface area contributed by atoms with Crippen molar-refractivity contribution in [3.8, 4) is 12.1 Å². The van der Waals surface area contributed by atoms with Crippen molar-refractivity contribution in [1.29, 1.82) is 10.5 Å². The maximum Gasteiger partial charge on any atom is 0.280 e. The third-order valence-corrected chi connectivity index (χ3v) is 18.3.